The number of halogens is 2. The van der Waals surface area contributed by atoms with E-state index in [0.717, 1.165) is 11.3 Å². The largest absolute Gasteiger partial charge is 0.484 e. The Labute approximate surface area is 156 Å². The summed E-state index contributed by atoms with van der Waals surface area (Å²) >= 11 is 13.1. The molecule has 0 atom stereocenters. The second kappa shape index (κ2) is 7.03. The minimum atomic E-state index is -0.497. The topological polar surface area (TPSA) is 81.3 Å². The number of H-pyrrole nitrogens is 1. The third-order valence-corrected chi connectivity index (χ3v) is 5.19. The predicted octanol–water partition coefficient (Wildman–Crippen LogP) is 3.97. The lowest BCUT2D eigenvalue weighted by Crippen LogP contribution is -2.13. The summed E-state index contributed by atoms with van der Waals surface area (Å²) in [5.74, 6) is 0.198. The van der Waals surface area contributed by atoms with Crippen molar-refractivity contribution >= 4 is 50.7 Å². The van der Waals surface area contributed by atoms with Crippen molar-refractivity contribution in [3.05, 3.63) is 54.9 Å². The number of methoxy groups -OCH3 is 1. The van der Waals surface area contributed by atoms with E-state index in [9.17, 15) is 9.59 Å². The number of benzene rings is 1. The molecule has 0 bridgehead atoms. The highest BCUT2D eigenvalue weighted by Gasteiger charge is 2.19. The summed E-state index contributed by atoms with van der Waals surface area (Å²) in [6.07, 6.45) is 0. The number of fused-ring (bicyclic) bond motifs is 1. The van der Waals surface area contributed by atoms with Crippen LogP contribution in [0.3, 0.4) is 0 Å². The van der Waals surface area contributed by atoms with Crippen LogP contribution in [0.5, 0.6) is 5.75 Å². The number of carbonyl (C=O) groups is 1. The number of hydrogen-bond donors (Lipinski definition) is 1. The molecule has 0 aliphatic carbocycles. The van der Waals surface area contributed by atoms with Gasteiger partial charge in [-0.25, -0.2) is 9.78 Å². The van der Waals surface area contributed by atoms with Crippen molar-refractivity contribution in [2.45, 2.75) is 13.5 Å². The molecule has 130 valence electrons. The maximum atomic E-state index is 12.3. The molecule has 1 aromatic carbocycles. The monoisotopic (exact) mass is 398 g/mol. The van der Waals surface area contributed by atoms with E-state index >= 15 is 0 Å². The predicted molar refractivity (Wildman–Crippen MR) is 97.1 cm³/mol. The molecule has 3 aromatic rings. The average molecular weight is 399 g/mol. The van der Waals surface area contributed by atoms with Crippen molar-refractivity contribution in [2.24, 2.45) is 0 Å². The Bertz CT molecular complexity index is 1030. The number of nitrogens with one attached hydrogen (secondary N) is 1. The number of rotatable bonds is 4. The number of hydrogen-bond acceptors (Lipinski definition) is 6. The minimum absolute atomic E-state index is 0.00422. The van der Waals surface area contributed by atoms with Gasteiger partial charge in [-0.2, -0.15) is 0 Å². The quantitative estimate of drug-likeness (QED) is 0.672. The van der Waals surface area contributed by atoms with Gasteiger partial charge in [-0.15, -0.1) is 11.3 Å². The standard InChI is InChI=1S/C16H12Cl2N2O4S/c1-7-12-14(21)19-11(20-15(12)25-13(7)16(22)23-2)6-24-10-5-8(17)3-4-9(10)18/h3-5H,6H2,1-2H3,(H,19,20,21). The molecule has 0 unspecified atom stereocenters. The Morgan fingerprint density at radius 3 is 2.84 bits per heavy atom. The highest BCUT2D eigenvalue weighted by molar-refractivity contribution is 7.20. The Kier molecular flexibility index (Phi) is 4.99. The van der Waals surface area contributed by atoms with Gasteiger partial charge in [0.1, 0.15) is 27.9 Å². The molecule has 6 nitrogen and oxygen atoms in total. The SMILES string of the molecule is COC(=O)c1sc2nc(COc3cc(Cl)ccc3Cl)[nH]c(=O)c2c1C. The molecule has 0 saturated carbocycles. The van der Waals surface area contributed by atoms with Gasteiger partial charge < -0.3 is 14.5 Å². The zero-order valence-corrected chi connectivity index (χ0v) is 15.5. The third-order valence-electron chi connectivity index (χ3n) is 3.48. The first-order valence-corrected chi connectivity index (χ1v) is 8.66. The van der Waals surface area contributed by atoms with E-state index in [-0.39, 0.29) is 12.2 Å². The van der Waals surface area contributed by atoms with Gasteiger partial charge in [-0.05, 0) is 24.6 Å². The summed E-state index contributed by atoms with van der Waals surface area (Å²) in [7, 11) is 1.29. The molecule has 0 spiro atoms. The Morgan fingerprint density at radius 2 is 2.12 bits per heavy atom. The summed E-state index contributed by atoms with van der Waals surface area (Å²) in [6, 6.07) is 4.83. The number of esters is 1. The van der Waals surface area contributed by atoms with E-state index in [1.165, 1.54) is 7.11 Å². The summed E-state index contributed by atoms with van der Waals surface area (Å²) in [5, 5.41) is 1.25. The van der Waals surface area contributed by atoms with E-state index in [4.69, 9.17) is 32.7 Å². The molecule has 25 heavy (non-hydrogen) atoms. The van der Waals surface area contributed by atoms with Crippen LogP contribution < -0.4 is 10.3 Å². The average Bonchev–Trinajstić information content (AvgIpc) is 2.92. The molecule has 0 radical (unpaired) electrons. The zero-order valence-electron chi connectivity index (χ0n) is 13.2. The molecular weight excluding hydrogens is 387 g/mol. The van der Waals surface area contributed by atoms with Gasteiger partial charge in [0.05, 0.1) is 17.5 Å². The third kappa shape index (κ3) is 3.49. The summed E-state index contributed by atoms with van der Waals surface area (Å²) in [6.45, 7) is 1.68. The Hall–Kier alpha value is -2.09. The fourth-order valence-corrected chi connectivity index (χ4v) is 3.73. The number of ether oxygens (including phenoxy) is 2. The molecule has 0 fully saturated rings. The van der Waals surface area contributed by atoms with Crippen LogP contribution in [0.1, 0.15) is 21.1 Å². The molecule has 2 heterocycles. The van der Waals surface area contributed by atoms with E-state index in [1.54, 1.807) is 25.1 Å². The van der Waals surface area contributed by atoms with Crippen LogP contribution in [0.15, 0.2) is 23.0 Å². The van der Waals surface area contributed by atoms with Gasteiger partial charge in [0.15, 0.2) is 0 Å². The molecule has 2 aromatic heterocycles. The number of nitrogens with zero attached hydrogens (tertiary/aromatic N) is 1. The fraction of sp³-hybridized carbons (Fsp3) is 0.188. The van der Waals surface area contributed by atoms with Crippen LogP contribution >= 0.6 is 34.5 Å². The second-order valence-corrected chi connectivity index (χ2v) is 6.95. The maximum absolute atomic E-state index is 12.3. The van der Waals surface area contributed by atoms with E-state index < -0.39 is 5.97 Å². The van der Waals surface area contributed by atoms with Gasteiger partial charge in [-0.3, -0.25) is 4.79 Å². The van der Waals surface area contributed by atoms with Crippen molar-refractivity contribution < 1.29 is 14.3 Å². The molecule has 9 heteroatoms. The van der Waals surface area contributed by atoms with Crippen LogP contribution in [-0.2, 0) is 11.3 Å². The highest BCUT2D eigenvalue weighted by Crippen LogP contribution is 2.29. The molecule has 0 aliphatic rings. The van der Waals surface area contributed by atoms with Crippen LogP contribution in [0.25, 0.3) is 10.2 Å². The normalized spacial score (nSPS) is 10.9. The second-order valence-electron chi connectivity index (χ2n) is 5.10. The number of aromatic nitrogens is 2. The molecule has 1 N–H and O–H groups in total. The lowest BCUT2D eigenvalue weighted by atomic mass is 10.2. The maximum Gasteiger partial charge on any atom is 0.348 e. The first kappa shape index (κ1) is 17.7. The van der Waals surface area contributed by atoms with Gasteiger partial charge in [0.25, 0.3) is 5.56 Å². The van der Waals surface area contributed by atoms with Gasteiger partial charge >= 0.3 is 5.97 Å². The molecule has 0 aliphatic heterocycles. The smallest absolute Gasteiger partial charge is 0.348 e. The van der Waals surface area contributed by atoms with Gasteiger partial charge in [-0.1, -0.05) is 23.2 Å². The molecule has 0 saturated heterocycles. The van der Waals surface area contributed by atoms with Crippen LogP contribution in [-0.4, -0.2) is 23.0 Å². The van der Waals surface area contributed by atoms with Crippen molar-refractivity contribution in [1.82, 2.24) is 9.97 Å². The summed E-state index contributed by atoms with van der Waals surface area (Å²) < 4.78 is 10.3. The first-order chi connectivity index (χ1) is 11.9. The van der Waals surface area contributed by atoms with Gasteiger partial charge in [0, 0.05) is 11.1 Å². The van der Waals surface area contributed by atoms with Crippen molar-refractivity contribution in [1.29, 1.82) is 0 Å². The Balaban J connectivity index is 1.94. The zero-order chi connectivity index (χ0) is 18.1. The lowest BCUT2D eigenvalue weighted by molar-refractivity contribution is 0.0605. The first-order valence-electron chi connectivity index (χ1n) is 7.09. The van der Waals surface area contributed by atoms with Crippen LogP contribution in [0.4, 0.5) is 0 Å². The van der Waals surface area contributed by atoms with Crippen LogP contribution in [0.2, 0.25) is 10.0 Å². The van der Waals surface area contributed by atoms with E-state index in [1.807, 2.05) is 0 Å². The van der Waals surface area contributed by atoms with Crippen LogP contribution in [0, 0.1) is 6.92 Å². The van der Waals surface area contributed by atoms with Gasteiger partial charge in [0.2, 0.25) is 0 Å². The van der Waals surface area contributed by atoms with Crippen molar-refractivity contribution in [3.63, 3.8) is 0 Å². The Morgan fingerprint density at radius 1 is 1.36 bits per heavy atom. The number of thiophene rings is 1. The number of aromatic amines is 1. The summed E-state index contributed by atoms with van der Waals surface area (Å²) in [5.41, 5.74) is 0.204. The molecule has 3 rings (SSSR count). The fourth-order valence-electron chi connectivity index (χ4n) is 2.28. The minimum Gasteiger partial charge on any atom is -0.484 e. The number of aryl methyl sites for hydroxylation is 1. The van der Waals surface area contributed by atoms with E-state index in [0.29, 0.717) is 42.3 Å². The van der Waals surface area contributed by atoms with Crippen molar-refractivity contribution in [3.8, 4) is 5.75 Å². The molecular formula is C16H12Cl2N2O4S. The van der Waals surface area contributed by atoms with Crippen molar-refractivity contribution in [2.75, 3.05) is 7.11 Å². The lowest BCUT2D eigenvalue weighted by Gasteiger charge is -2.07. The van der Waals surface area contributed by atoms with E-state index in [2.05, 4.69) is 9.97 Å². The number of carbonyl (C=O) groups excluding carboxylic acids is 1. The molecule has 0 amide bonds. The summed E-state index contributed by atoms with van der Waals surface area (Å²) in [4.78, 5) is 31.9. The highest BCUT2D eigenvalue weighted by atomic mass is 35.5.